The van der Waals surface area contributed by atoms with Crippen LogP contribution in [0, 0.1) is 11.8 Å². The van der Waals surface area contributed by atoms with Crippen molar-refractivity contribution >= 4 is 11.6 Å². The number of halogens is 1. The monoisotopic (exact) mass is 242 g/mol. The maximum Gasteiger partial charge on any atom is 0.193 e. The molecule has 1 heterocycles. The van der Waals surface area contributed by atoms with Crippen LogP contribution >= 0.6 is 11.6 Å². The molecule has 0 radical (unpaired) electrons. The Balaban J connectivity index is 2.01. The van der Waals surface area contributed by atoms with Crippen molar-refractivity contribution in [3.8, 4) is 0 Å². The van der Waals surface area contributed by atoms with Gasteiger partial charge in [-0.1, -0.05) is 26.2 Å². The highest BCUT2D eigenvalue weighted by Gasteiger charge is 2.29. The zero-order valence-electron chi connectivity index (χ0n) is 9.66. The van der Waals surface area contributed by atoms with Gasteiger partial charge >= 0.3 is 0 Å². The molecular weight excluding hydrogens is 224 g/mol. The highest BCUT2D eigenvalue weighted by Crippen LogP contribution is 2.39. The van der Waals surface area contributed by atoms with E-state index in [2.05, 4.69) is 6.92 Å². The van der Waals surface area contributed by atoms with E-state index in [1.54, 1.807) is 12.1 Å². The van der Waals surface area contributed by atoms with Gasteiger partial charge in [-0.15, -0.1) is 0 Å². The van der Waals surface area contributed by atoms with Gasteiger partial charge in [-0.3, -0.25) is 0 Å². The first-order valence-electron chi connectivity index (χ1n) is 6.14. The molecule has 1 aromatic rings. The molecular formula is C13H19ClO2. The summed E-state index contributed by atoms with van der Waals surface area (Å²) in [7, 11) is 0. The fourth-order valence-corrected chi connectivity index (χ4v) is 2.86. The summed E-state index contributed by atoms with van der Waals surface area (Å²) in [6.45, 7) is 2.23. The molecule has 1 N–H and O–H groups in total. The average molecular weight is 243 g/mol. The van der Waals surface area contributed by atoms with Gasteiger partial charge in [0.1, 0.15) is 11.9 Å². The summed E-state index contributed by atoms with van der Waals surface area (Å²) in [6.07, 6.45) is 5.45. The van der Waals surface area contributed by atoms with Crippen LogP contribution in [0.3, 0.4) is 0 Å². The van der Waals surface area contributed by atoms with E-state index in [-0.39, 0.29) is 0 Å². The SMILES string of the molecule is CCC1CCCC(C(O)c2ccc(Cl)o2)C1. The molecule has 2 rings (SSSR count). The number of aliphatic hydroxyl groups excluding tert-OH is 1. The molecule has 3 atom stereocenters. The summed E-state index contributed by atoms with van der Waals surface area (Å²) in [5.74, 6) is 1.71. The minimum absolute atomic E-state index is 0.334. The second-order valence-electron chi connectivity index (χ2n) is 4.79. The van der Waals surface area contributed by atoms with Gasteiger partial charge in [0, 0.05) is 0 Å². The Kier molecular flexibility index (Phi) is 3.93. The molecule has 1 saturated carbocycles. The van der Waals surface area contributed by atoms with Crippen LogP contribution in [-0.2, 0) is 0 Å². The van der Waals surface area contributed by atoms with E-state index in [1.165, 1.54) is 19.3 Å². The molecule has 2 nitrogen and oxygen atoms in total. The Bertz CT molecular complexity index is 334. The third kappa shape index (κ3) is 2.61. The first kappa shape index (κ1) is 12.0. The van der Waals surface area contributed by atoms with E-state index in [9.17, 15) is 5.11 Å². The predicted molar refractivity (Wildman–Crippen MR) is 64.4 cm³/mol. The van der Waals surface area contributed by atoms with Gasteiger partial charge in [0.15, 0.2) is 5.22 Å². The first-order chi connectivity index (χ1) is 7.70. The topological polar surface area (TPSA) is 33.4 Å². The Morgan fingerprint density at radius 3 is 2.94 bits per heavy atom. The molecule has 1 aliphatic rings. The van der Waals surface area contributed by atoms with Crippen LogP contribution < -0.4 is 0 Å². The minimum atomic E-state index is -0.484. The van der Waals surface area contributed by atoms with E-state index >= 15 is 0 Å². The lowest BCUT2D eigenvalue weighted by molar-refractivity contribution is 0.0508. The predicted octanol–water partition coefficient (Wildman–Crippen LogP) is 4.18. The van der Waals surface area contributed by atoms with E-state index < -0.39 is 6.10 Å². The van der Waals surface area contributed by atoms with Crippen molar-refractivity contribution in [2.45, 2.75) is 45.1 Å². The summed E-state index contributed by atoms with van der Waals surface area (Å²) in [5, 5.41) is 10.6. The van der Waals surface area contributed by atoms with Gasteiger partial charge in [-0.25, -0.2) is 0 Å². The zero-order valence-corrected chi connectivity index (χ0v) is 10.4. The summed E-state index contributed by atoms with van der Waals surface area (Å²) < 4.78 is 5.28. The minimum Gasteiger partial charge on any atom is -0.447 e. The average Bonchev–Trinajstić information content (AvgIpc) is 2.75. The van der Waals surface area contributed by atoms with Crippen LogP contribution in [0.2, 0.25) is 5.22 Å². The second kappa shape index (κ2) is 5.24. The molecule has 1 aromatic heterocycles. The molecule has 1 fully saturated rings. The molecule has 0 saturated heterocycles. The Labute approximate surface area is 102 Å². The van der Waals surface area contributed by atoms with Gasteiger partial charge in [-0.2, -0.15) is 0 Å². The Morgan fingerprint density at radius 1 is 1.50 bits per heavy atom. The van der Waals surface area contributed by atoms with E-state index in [1.807, 2.05) is 0 Å². The highest BCUT2D eigenvalue weighted by molar-refractivity contribution is 6.28. The number of furan rings is 1. The summed E-state index contributed by atoms with van der Waals surface area (Å²) >= 11 is 5.72. The number of hydrogen-bond donors (Lipinski definition) is 1. The van der Waals surface area contributed by atoms with Crippen LogP contribution in [0.25, 0.3) is 0 Å². The number of rotatable bonds is 3. The summed E-state index contributed by atoms with van der Waals surface area (Å²) in [4.78, 5) is 0. The standard InChI is InChI=1S/C13H19ClO2/c1-2-9-4-3-5-10(8-9)13(15)11-6-7-12(14)16-11/h6-7,9-10,13,15H,2-5,8H2,1H3. The largest absolute Gasteiger partial charge is 0.447 e. The molecule has 90 valence electrons. The van der Waals surface area contributed by atoms with Crippen molar-refractivity contribution in [3.05, 3.63) is 23.1 Å². The summed E-state index contributed by atoms with van der Waals surface area (Å²) in [5.41, 5.74) is 0. The maximum absolute atomic E-state index is 10.2. The van der Waals surface area contributed by atoms with E-state index in [4.69, 9.17) is 16.0 Å². The number of hydrogen-bond acceptors (Lipinski definition) is 2. The Hall–Kier alpha value is -0.470. The molecule has 0 bridgehead atoms. The zero-order chi connectivity index (χ0) is 11.5. The van der Waals surface area contributed by atoms with Gasteiger partial charge in [0.25, 0.3) is 0 Å². The normalized spacial score (nSPS) is 27.9. The molecule has 0 aromatic carbocycles. The highest BCUT2D eigenvalue weighted by atomic mass is 35.5. The van der Waals surface area contributed by atoms with Crippen molar-refractivity contribution in [3.63, 3.8) is 0 Å². The summed E-state index contributed by atoms with van der Waals surface area (Å²) in [6, 6.07) is 3.47. The fourth-order valence-electron chi connectivity index (χ4n) is 2.71. The van der Waals surface area contributed by atoms with Crippen LogP contribution in [0.5, 0.6) is 0 Å². The quantitative estimate of drug-likeness (QED) is 0.863. The third-order valence-corrected chi connectivity index (χ3v) is 3.94. The number of aliphatic hydroxyl groups is 1. The van der Waals surface area contributed by atoms with Gasteiger partial charge in [0.2, 0.25) is 0 Å². The lowest BCUT2D eigenvalue weighted by Gasteiger charge is -2.30. The molecule has 3 unspecified atom stereocenters. The maximum atomic E-state index is 10.2. The smallest absolute Gasteiger partial charge is 0.193 e. The van der Waals surface area contributed by atoms with E-state index in [0.29, 0.717) is 16.9 Å². The second-order valence-corrected chi connectivity index (χ2v) is 5.16. The lowest BCUT2D eigenvalue weighted by Crippen LogP contribution is -2.21. The molecule has 16 heavy (non-hydrogen) atoms. The van der Waals surface area contributed by atoms with Crippen LogP contribution in [-0.4, -0.2) is 5.11 Å². The van der Waals surface area contributed by atoms with Gasteiger partial charge < -0.3 is 9.52 Å². The Morgan fingerprint density at radius 2 is 2.31 bits per heavy atom. The third-order valence-electron chi connectivity index (χ3n) is 3.73. The lowest BCUT2D eigenvalue weighted by atomic mass is 9.77. The van der Waals surface area contributed by atoms with Crippen molar-refractivity contribution in [1.82, 2.24) is 0 Å². The van der Waals surface area contributed by atoms with Crippen molar-refractivity contribution in [2.75, 3.05) is 0 Å². The van der Waals surface area contributed by atoms with Gasteiger partial charge in [-0.05, 0) is 48.4 Å². The molecule has 3 heteroatoms. The fraction of sp³-hybridized carbons (Fsp3) is 0.692. The van der Waals surface area contributed by atoms with Crippen molar-refractivity contribution in [2.24, 2.45) is 11.8 Å². The van der Waals surface area contributed by atoms with Crippen LogP contribution in [0.4, 0.5) is 0 Å². The van der Waals surface area contributed by atoms with Gasteiger partial charge in [0.05, 0.1) is 0 Å². The molecule has 0 spiro atoms. The molecule has 0 aliphatic heterocycles. The van der Waals surface area contributed by atoms with Crippen LogP contribution in [0.1, 0.15) is 50.9 Å². The first-order valence-corrected chi connectivity index (χ1v) is 6.51. The van der Waals surface area contributed by atoms with E-state index in [0.717, 1.165) is 18.8 Å². The van der Waals surface area contributed by atoms with Crippen LogP contribution in [0.15, 0.2) is 16.5 Å². The van der Waals surface area contributed by atoms with Crippen molar-refractivity contribution in [1.29, 1.82) is 0 Å². The molecule has 1 aliphatic carbocycles. The molecule has 0 amide bonds. The van der Waals surface area contributed by atoms with Crippen molar-refractivity contribution < 1.29 is 9.52 Å².